The first-order valence-corrected chi connectivity index (χ1v) is 9.01. The lowest BCUT2D eigenvalue weighted by Crippen LogP contribution is -2.33. The molecule has 2 heterocycles. The molecule has 4 rings (SSSR count). The van der Waals surface area contributed by atoms with E-state index in [1.165, 1.54) is 23.1 Å². The van der Waals surface area contributed by atoms with Gasteiger partial charge < -0.3 is 14.1 Å². The van der Waals surface area contributed by atoms with E-state index in [1.807, 2.05) is 13.0 Å². The van der Waals surface area contributed by atoms with Crippen LogP contribution in [-0.4, -0.2) is 6.73 Å². The molecule has 0 saturated heterocycles. The molecule has 1 aliphatic rings. The molecule has 0 spiro atoms. The van der Waals surface area contributed by atoms with Crippen LogP contribution < -0.4 is 15.3 Å². The highest BCUT2D eigenvalue weighted by atomic mass is 19.4. The van der Waals surface area contributed by atoms with E-state index in [0.29, 0.717) is 23.3 Å². The van der Waals surface area contributed by atoms with Crippen LogP contribution in [0.15, 0.2) is 51.7 Å². The summed E-state index contributed by atoms with van der Waals surface area (Å²) in [5, 5.41) is 0.787. The minimum Gasteiger partial charge on any atom is -0.473 e. The number of rotatable bonds is 3. The Hall–Kier alpha value is -2.96. The first kappa shape index (κ1) is 18.4. The van der Waals surface area contributed by atoms with Crippen LogP contribution in [0.3, 0.4) is 0 Å². The Morgan fingerprint density at radius 1 is 1.14 bits per heavy atom. The minimum atomic E-state index is -4.48. The van der Waals surface area contributed by atoms with Crippen LogP contribution in [0.25, 0.3) is 11.0 Å². The maximum absolute atomic E-state index is 13.4. The van der Waals surface area contributed by atoms with Crippen molar-refractivity contribution in [3.8, 4) is 5.75 Å². The summed E-state index contributed by atoms with van der Waals surface area (Å²) < 4.78 is 51.4. The van der Waals surface area contributed by atoms with Gasteiger partial charge in [-0.15, -0.1) is 0 Å². The zero-order valence-corrected chi connectivity index (χ0v) is 15.2. The highest BCUT2D eigenvalue weighted by Gasteiger charge is 2.35. The smallest absolute Gasteiger partial charge is 0.418 e. The van der Waals surface area contributed by atoms with Gasteiger partial charge in [0.2, 0.25) is 0 Å². The summed E-state index contributed by atoms with van der Waals surface area (Å²) in [4.78, 5) is 13.5. The Morgan fingerprint density at radius 3 is 2.68 bits per heavy atom. The van der Waals surface area contributed by atoms with Gasteiger partial charge in [-0.3, -0.25) is 0 Å². The third-order valence-electron chi connectivity index (χ3n) is 4.85. The maximum Gasteiger partial charge on any atom is 0.418 e. The van der Waals surface area contributed by atoms with E-state index in [2.05, 4.69) is 0 Å². The van der Waals surface area contributed by atoms with Gasteiger partial charge in [0.05, 0.1) is 23.4 Å². The van der Waals surface area contributed by atoms with Crippen molar-refractivity contribution in [3.05, 3.63) is 69.6 Å². The molecule has 0 aliphatic carbocycles. The summed E-state index contributed by atoms with van der Waals surface area (Å²) in [5.74, 6) is 0.519. The lowest BCUT2D eigenvalue weighted by molar-refractivity contribution is -0.137. The molecule has 1 aromatic heterocycles. The van der Waals surface area contributed by atoms with Crippen molar-refractivity contribution in [1.82, 2.24) is 0 Å². The summed E-state index contributed by atoms with van der Waals surface area (Å²) in [6, 6.07) is 10.5. The number of hydrogen-bond donors (Lipinski definition) is 0. The summed E-state index contributed by atoms with van der Waals surface area (Å²) in [5.41, 5.74) is 0.653. The maximum atomic E-state index is 13.4. The number of aryl methyl sites for hydroxylation is 1. The number of ether oxygens (including phenoxy) is 1. The predicted molar refractivity (Wildman–Crippen MR) is 99.6 cm³/mol. The van der Waals surface area contributed by atoms with Gasteiger partial charge in [-0.1, -0.05) is 25.5 Å². The van der Waals surface area contributed by atoms with Crippen LogP contribution in [0.1, 0.15) is 30.0 Å². The van der Waals surface area contributed by atoms with E-state index >= 15 is 0 Å². The van der Waals surface area contributed by atoms with Gasteiger partial charge in [-0.25, -0.2) is 4.79 Å². The van der Waals surface area contributed by atoms with E-state index in [1.54, 1.807) is 12.1 Å². The molecular weight excluding hydrogens is 371 g/mol. The fourth-order valence-corrected chi connectivity index (χ4v) is 3.62. The Balaban J connectivity index is 1.83. The largest absolute Gasteiger partial charge is 0.473 e. The quantitative estimate of drug-likeness (QED) is 0.583. The van der Waals surface area contributed by atoms with Gasteiger partial charge in [0.1, 0.15) is 11.3 Å². The van der Waals surface area contributed by atoms with Crippen LogP contribution in [0, 0.1) is 0 Å². The van der Waals surface area contributed by atoms with E-state index < -0.39 is 17.4 Å². The molecule has 3 aromatic rings. The second-order valence-corrected chi connectivity index (χ2v) is 6.75. The highest BCUT2D eigenvalue weighted by Crippen LogP contribution is 2.40. The number of anilines is 1. The molecule has 1 aliphatic heterocycles. The summed E-state index contributed by atoms with van der Waals surface area (Å²) in [6.07, 6.45) is -2.91. The molecule has 0 N–H and O–H groups in total. The van der Waals surface area contributed by atoms with Crippen molar-refractivity contribution < 1.29 is 22.3 Å². The molecular formula is C21H18F3NO3. The van der Waals surface area contributed by atoms with Crippen molar-refractivity contribution in [2.75, 3.05) is 11.6 Å². The van der Waals surface area contributed by atoms with Crippen molar-refractivity contribution in [2.45, 2.75) is 32.5 Å². The Morgan fingerprint density at radius 2 is 1.93 bits per heavy atom. The summed E-state index contributed by atoms with van der Waals surface area (Å²) in [7, 11) is 0. The first-order valence-electron chi connectivity index (χ1n) is 9.01. The van der Waals surface area contributed by atoms with Gasteiger partial charge in [0.25, 0.3) is 0 Å². The van der Waals surface area contributed by atoms with Crippen LogP contribution in [0.5, 0.6) is 5.75 Å². The second kappa shape index (κ2) is 6.89. The van der Waals surface area contributed by atoms with Crippen LogP contribution >= 0.6 is 0 Å². The standard InChI is InChI=1S/C21H18F3NO3/c1-2-5-13-10-19(26)28-20-14(13)8-9-18-15(20)11-25(12-27-18)17-7-4-3-6-16(17)21(22,23)24/h3-4,6-10H,2,5,11-12H2,1H3. The molecule has 0 amide bonds. The van der Waals surface area contributed by atoms with Crippen molar-refractivity contribution in [3.63, 3.8) is 0 Å². The third kappa shape index (κ3) is 3.21. The molecule has 0 atom stereocenters. The van der Waals surface area contributed by atoms with Crippen molar-refractivity contribution >= 4 is 16.7 Å². The number of para-hydroxylation sites is 1. The van der Waals surface area contributed by atoms with Gasteiger partial charge in [0, 0.05) is 11.5 Å². The Bertz CT molecular complexity index is 1090. The molecule has 7 heteroatoms. The van der Waals surface area contributed by atoms with Gasteiger partial charge >= 0.3 is 11.8 Å². The minimum absolute atomic E-state index is 0.0233. The number of hydrogen-bond acceptors (Lipinski definition) is 4. The lowest BCUT2D eigenvalue weighted by atomic mass is 10.0. The fourth-order valence-electron chi connectivity index (χ4n) is 3.62. The predicted octanol–water partition coefficient (Wildman–Crippen LogP) is 5.12. The monoisotopic (exact) mass is 389 g/mol. The van der Waals surface area contributed by atoms with Gasteiger partial charge in [0.15, 0.2) is 6.73 Å². The van der Waals surface area contributed by atoms with E-state index in [-0.39, 0.29) is 19.0 Å². The molecule has 0 unspecified atom stereocenters. The summed E-state index contributed by atoms with van der Waals surface area (Å²) in [6.45, 7) is 2.14. The summed E-state index contributed by atoms with van der Waals surface area (Å²) >= 11 is 0. The van der Waals surface area contributed by atoms with Gasteiger partial charge in [-0.05, 0) is 36.2 Å². The molecule has 2 aromatic carbocycles. The number of halogens is 3. The molecule has 4 nitrogen and oxygen atoms in total. The second-order valence-electron chi connectivity index (χ2n) is 6.75. The molecule has 0 saturated carbocycles. The Kier molecular flexibility index (Phi) is 4.53. The number of fused-ring (bicyclic) bond motifs is 3. The van der Waals surface area contributed by atoms with Crippen molar-refractivity contribution in [2.24, 2.45) is 0 Å². The van der Waals surface area contributed by atoms with E-state index in [4.69, 9.17) is 9.15 Å². The van der Waals surface area contributed by atoms with E-state index in [9.17, 15) is 18.0 Å². The number of benzene rings is 2. The average Bonchev–Trinajstić information content (AvgIpc) is 2.67. The molecule has 0 bridgehead atoms. The fraction of sp³-hybridized carbons (Fsp3) is 0.286. The zero-order chi connectivity index (χ0) is 19.9. The molecule has 28 heavy (non-hydrogen) atoms. The third-order valence-corrected chi connectivity index (χ3v) is 4.85. The number of alkyl halides is 3. The van der Waals surface area contributed by atoms with Crippen LogP contribution in [0.2, 0.25) is 0 Å². The molecule has 0 radical (unpaired) electrons. The van der Waals surface area contributed by atoms with E-state index in [0.717, 1.165) is 23.4 Å². The number of nitrogens with zero attached hydrogens (tertiary/aromatic N) is 1. The average molecular weight is 389 g/mol. The van der Waals surface area contributed by atoms with Crippen LogP contribution in [0.4, 0.5) is 18.9 Å². The lowest BCUT2D eigenvalue weighted by Gasteiger charge is -2.32. The molecule has 146 valence electrons. The van der Waals surface area contributed by atoms with Crippen LogP contribution in [-0.2, 0) is 19.1 Å². The highest BCUT2D eigenvalue weighted by molar-refractivity contribution is 5.86. The zero-order valence-electron chi connectivity index (χ0n) is 15.2. The van der Waals surface area contributed by atoms with Crippen molar-refractivity contribution in [1.29, 1.82) is 0 Å². The molecule has 0 fully saturated rings. The SMILES string of the molecule is CCCc1cc(=O)oc2c3c(ccc12)OCN(c1ccccc1C(F)(F)F)C3. The topological polar surface area (TPSA) is 42.7 Å². The normalized spacial score (nSPS) is 14.1. The Labute approximate surface area is 159 Å². The van der Waals surface area contributed by atoms with Gasteiger partial charge in [-0.2, -0.15) is 13.2 Å². The first-order chi connectivity index (χ1) is 13.4.